The molecule has 1 saturated heterocycles. The Morgan fingerprint density at radius 2 is 1.97 bits per heavy atom. The van der Waals surface area contributed by atoms with Gasteiger partial charge in [-0.25, -0.2) is 23.2 Å². The first-order chi connectivity index (χ1) is 15.3. The van der Waals surface area contributed by atoms with Crippen molar-refractivity contribution in [1.29, 1.82) is 0 Å². The maximum absolute atomic E-state index is 12.9. The molecule has 1 aromatic heterocycles. The summed E-state index contributed by atoms with van der Waals surface area (Å²) >= 11 is 0. The minimum atomic E-state index is -3.31. The molecule has 2 aliphatic heterocycles. The molecule has 0 aliphatic carbocycles. The average Bonchev–Trinajstić information content (AvgIpc) is 3.03. The number of sulfone groups is 1. The number of urea groups is 1. The monoisotopic (exact) mass is 459 g/mol. The summed E-state index contributed by atoms with van der Waals surface area (Å²) in [6, 6.07) is 7.04. The number of aromatic nitrogens is 2. The van der Waals surface area contributed by atoms with E-state index in [1.165, 1.54) is 0 Å². The van der Waals surface area contributed by atoms with Gasteiger partial charge in [-0.05, 0) is 44.5 Å². The van der Waals surface area contributed by atoms with E-state index < -0.39 is 15.1 Å². The fourth-order valence-corrected chi connectivity index (χ4v) is 6.21. The molecule has 3 heterocycles. The van der Waals surface area contributed by atoms with Gasteiger partial charge in [0.1, 0.15) is 5.82 Å². The van der Waals surface area contributed by atoms with Crippen molar-refractivity contribution in [2.75, 3.05) is 36.5 Å². The third kappa shape index (κ3) is 4.29. The topological polar surface area (TPSA) is 114 Å². The van der Waals surface area contributed by atoms with Crippen LogP contribution in [-0.4, -0.2) is 56.8 Å². The fraction of sp³-hybridized carbons (Fsp3) is 0.500. The highest BCUT2D eigenvalue weighted by Gasteiger charge is 2.41. The summed E-state index contributed by atoms with van der Waals surface area (Å²) in [5, 5.41) is 4.87. The zero-order chi connectivity index (χ0) is 22.9. The highest BCUT2D eigenvalue weighted by atomic mass is 32.2. The fourth-order valence-electron chi connectivity index (χ4n) is 4.30. The van der Waals surface area contributed by atoms with Crippen molar-refractivity contribution in [2.24, 2.45) is 0 Å². The van der Waals surface area contributed by atoms with Gasteiger partial charge in [-0.1, -0.05) is 6.92 Å². The number of carbonyl (C=O) groups is 1. The molecule has 1 unspecified atom stereocenters. The van der Waals surface area contributed by atoms with Gasteiger partial charge < -0.3 is 20.3 Å². The summed E-state index contributed by atoms with van der Waals surface area (Å²) in [5.74, 6) is 1.10. The van der Waals surface area contributed by atoms with Crippen LogP contribution in [0.1, 0.15) is 43.7 Å². The molecule has 1 aromatic carbocycles. The van der Waals surface area contributed by atoms with Gasteiger partial charge in [0.05, 0.1) is 36.0 Å². The van der Waals surface area contributed by atoms with Gasteiger partial charge in [0.25, 0.3) is 0 Å². The number of hydrogen-bond donors (Lipinski definition) is 2. The van der Waals surface area contributed by atoms with E-state index >= 15 is 0 Å². The van der Waals surface area contributed by atoms with Crippen molar-refractivity contribution in [2.45, 2.75) is 44.2 Å². The van der Waals surface area contributed by atoms with E-state index in [0.29, 0.717) is 55.7 Å². The van der Waals surface area contributed by atoms with Crippen LogP contribution >= 0.6 is 0 Å². The molecule has 0 bridgehead atoms. The Labute approximate surface area is 188 Å². The lowest BCUT2D eigenvalue weighted by Gasteiger charge is -2.36. The quantitative estimate of drug-likeness (QED) is 0.707. The number of rotatable bonds is 5. The molecule has 32 heavy (non-hydrogen) atoms. The van der Waals surface area contributed by atoms with Gasteiger partial charge in [0, 0.05) is 29.9 Å². The van der Waals surface area contributed by atoms with Gasteiger partial charge in [0.15, 0.2) is 15.7 Å². The molecule has 10 heteroatoms. The summed E-state index contributed by atoms with van der Waals surface area (Å²) in [6.07, 6.45) is 0.490. The molecular formula is C22H29N5O4S. The van der Waals surface area contributed by atoms with Gasteiger partial charge in [-0.3, -0.25) is 0 Å². The maximum atomic E-state index is 12.9. The normalized spacial score (nSPS) is 21.8. The predicted molar refractivity (Wildman–Crippen MR) is 123 cm³/mol. The first-order valence-electron chi connectivity index (χ1n) is 11.0. The summed E-state index contributed by atoms with van der Waals surface area (Å²) < 4.78 is 31.3. The number of nitrogens with zero attached hydrogens (tertiary/aromatic N) is 3. The van der Waals surface area contributed by atoms with Gasteiger partial charge >= 0.3 is 6.03 Å². The molecule has 0 radical (unpaired) electrons. The van der Waals surface area contributed by atoms with Gasteiger partial charge in [-0.2, -0.15) is 0 Å². The number of benzene rings is 1. The summed E-state index contributed by atoms with van der Waals surface area (Å²) in [5.41, 5.74) is 2.73. The van der Waals surface area contributed by atoms with E-state index in [4.69, 9.17) is 9.72 Å². The molecule has 1 fully saturated rings. The Kier molecular flexibility index (Phi) is 6.34. The minimum absolute atomic E-state index is 0.0705. The van der Waals surface area contributed by atoms with Gasteiger partial charge in [-0.15, -0.1) is 0 Å². The molecule has 2 N–H and O–H groups in total. The Balaban J connectivity index is 1.75. The highest BCUT2D eigenvalue weighted by Crippen LogP contribution is 2.44. The van der Waals surface area contributed by atoms with Crippen LogP contribution in [0.3, 0.4) is 0 Å². The minimum Gasteiger partial charge on any atom is -0.377 e. The standard InChI is InChI=1S/C22H29N5O4S/c1-4-18-19-17(13-32(18,29)30)25-20(26-21(19)27-10-11-31-12-14(27)3)15-6-8-16(9-7-15)24-22(28)23-5-2/h6-9,14,18H,4-5,10-13H2,1-3H3,(H2,23,24,28)/t14-,18?/m0/s1. The van der Waals surface area contributed by atoms with E-state index in [9.17, 15) is 13.2 Å². The van der Waals surface area contributed by atoms with Crippen LogP contribution in [0.15, 0.2) is 24.3 Å². The maximum Gasteiger partial charge on any atom is 0.319 e. The number of amides is 2. The Morgan fingerprint density at radius 3 is 2.62 bits per heavy atom. The molecule has 2 aromatic rings. The number of ether oxygens (including phenoxy) is 1. The number of nitrogens with one attached hydrogen (secondary N) is 2. The molecular weight excluding hydrogens is 430 g/mol. The van der Waals surface area contributed by atoms with Crippen molar-refractivity contribution < 1.29 is 17.9 Å². The van der Waals surface area contributed by atoms with Crippen LogP contribution in [0, 0.1) is 0 Å². The highest BCUT2D eigenvalue weighted by molar-refractivity contribution is 7.91. The summed E-state index contributed by atoms with van der Waals surface area (Å²) in [4.78, 5) is 23.4. The van der Waals surface area contributed by atoms with Crippen LogP contribution < -0.4 is 15.5 Å². The molecule has 172 valence electrons. The van der Waals surface area contributed by atoms with E-state index in [-0.39, 0.29) is 17.8 Å². The zero-order valence-corrected chi connectivity index (χ0v) is 19.4. The van der Waals surface area contributed by atoms with E-state index in [1.807, 2.05) is 26.0 Å². The lowest BCUT2D eigenvalue weighted by Crippen LogP contribution is -2.44. The first-order valence-corrected chi connectivity index (χ1v) is 12.7. The molecule has 0 saturated carbocycles. The molecule has 9 nitrogen and oxygen atoms in total. The predicted octanol–water partition coefficient (Wildman–Crippen LogP) is 2.89. The number of morpholine rings is 1. The Morgan fingerprint density at radius 1 is 1.22 bits per heavy atom. The SMILES string of the molecule is CCNC(=O)Nc1ccc(-c2nc3c(c(N4CCOC[C@@H]4C)n2)C(CC)S(=O)(=O)C3)cc1. The smallest absolute Gasteiger partial charge is 0.319 e. The lowest BCUT2D eigenvalue weighted by atomic mass is 10.1. The Bertz CT molecular complexity index is 1100. The van der Waals surface area contributed by atoms with Crippen LogP contribution in [0.4, 0.5) is 16.3 Å². The average molecular weight is 460 g/mol. The van der Waals surface area contributed by atoms with Crippen LogP contribution in [0.25, 0.3) is 11.4 Å². The third-order valence-electron chi connectivity index (χ3n) is 5.85. The van der Waals surface area contributed by atoms with Crippen molar-refractivity contribution in [1.82, 2.24) is 15.3 Å². The van der Waals surface area contributed by atoms with Crippen molar-refractivity contribution >= 4 is 27.4 Å². The number of anilines is 2. The number of carbonyl (C=O) groups excluding carboxylic acids is 1. The van der Waals surface area contributed by atoms with Crippen molar-refractivity contribution in [3.05, 3.63) is 35.5 Å². The van der Waals surface area contributed by atoms with Crippen molar-refractivity contribution in [3.63, 3.8) is 0 Å². The number of hydrogen-bond acceptors (Lipinski definition) is 7. The second-order valence-electron chi connectivity index (χ2n) is 8.11. The summed E-state index contributed by atoms with van der Waals surface area (Å²) in [7, 11) is -3.31. The zero-order valence-electron chi connectivity index (χ0n) is 18.6. The largest absolute Gasteiger partial charge is 0.377 e. The second kappa shape index (κ2) is 9.03. The van der Waals surface area contributed by atoms with Crippen molar-refractivity contribution in [3.8, 4) is 11.4 Å². The molecule has 0 spiro atoms. The molecule has 4 rings (SSSR count). The molecule has 2 aliphatic rings. The second-order valence-corrected chi connectivity index (χ2v) is 10.3. The van der Waals surface area contributed by atoms with E-state index in [0.717, 1.165) is 11.1 Å². The lowest BCUT2D eigenvalue weighted by molar-refractivity contribution is 0.0984. The molecule has 2 amide bonds. The molecule has 2 atom stereocenters. The Hall–Kier alpha value is -2.72. The van der Waals surface area contributed by atoms with E-state index in [1.54, 1.807) is 12.1 Å². The van der Waals surface area contributed by atoms with Crippen LogP contribution in [-0.2, 0) is 20.3 Å². The van der Waals surface area contributed by atoms with E-state index in [2.05, 4.69) is 27.4 Å². The summed E-state index contributed by atoms with van der Waals surface area (Å²) in [6.45, 7) is 8.12. The first kappa shape index (κ1) is 22.5. The third-order valence-corrected chi connectivity index (χ3v) is 7.96. The van der Waals surface area contributed by atoms with Crippen LogP contribution in [0.5, 0.6) is 0 Å². The van der Waals surface area contributed by atoms with Crippen LogP contribution in [0.2, 0.25) is 0 Å². The van der Waals surface area contributed by atoms with Gasteiger partial charge in [0.2, 0.25) is 0 Å². The number of fused-ring (bicyclic) bond motifs is 1.